The van der Waals surface area contributed by atoms with E-state index >= 15 is 0 Å². The van der Waals surface area contributed by atoms with Crippen molar-refractivity contribution < 1.29 is 5.32 Å². The van der Waals surface area contributed by atoms with Crippen molar-refractivity contribution in [3.8, 4) is 6.07 Å². The van der Waals surface area contributed by atoms with Crippen LogP contribution in [0.3, 0.4) is 0 Å². The number of nitriles is 1. The van der Waals surface area contributed by atoms with Gasteiger partial charge < -0.3 is 5.32 Å². The maximum Gasteiger partial charge on any atom is 0.163 e. The molecule has 74 valence electrons. The first-order valence-electron chi connectivity index (χ1n) is 5.07. The number of benzene rings is 1. The molecule has 1 aromatic carbocycles. The van der Waals surface area contributed by atoms with E-state index in [4.69, 9.17) is 5.26 Å². The van der Waals surface area contributed by atoms with Gasteiger partial charge in [-0.3, -0.25) is 0 Å². The first-order valence-corrected chi connectivity index (χ1v) is 5.07. The SMILES string of the molecule is C[C@H](CCc1ccccc1)[NH2+]CC#N. The van der Waals surface area contributed by atoms with Gasteiger partial charge in [0.2, 0.25) is 0 Å². The van der Waals surface area contributed by atoms with Gasteiger partial charge >= 0.3 is 0 Å². The molecule has 0 saturated heterocycles. The molecule has 0 spiro atoms. The maximum atomic E-state index is 8.42. The summed E-state index contributed by atoms with van der Waals surface area (Å²) in [5.74, 6) is 0. The van der Waals surface area contributed by atoms with Crippen LogP contribution in [0.4, 0.5) is 0 Å². The summed E-state index contributed by atoms with van der Waals surface area (Å²) in [6.07, 6.45) is 2.23. The zero-order valence-corrected chi connectivity index (χ0v) is 8.61. The Labute approximate surface area is 85.6 Å². The largest absolute Gasteiger partial charge is 0.332 e. The normalized spacial score (nSPS) is 12.0. The van der Waals surface area contributed by atoms with Gasteiger partial charge in [0.25, 0.3) is 0 Å². The first kappa shape index (κ1) is 10.7. The molecule has 1 aromatic rings. The predicted octanol–water partition coefficient (Wildman–Crippen LogP) is 1.09. The van der Waals surface area contributed by atoms with Crippen molar-refractivity contribution in [2.45, 2.75) is 25.8 Å². The zero-order valence-electron chi connectivity index (χ0n) is 8.61. The molecule has 2 N–H and O–H groups in total. The van der Waals surface area contributed by atoms with Crippen molar-refractivity contribution >= 4 is 0 Å². The summed E-state index contributed by atoms with van der Waals surface area (Å²) < 4.78 is 0. The van der Waals surface area contributed by atoms with E-state index in [-0.39, 0.29) is 0 Å². The average Bonchev–Trinajstić information content (AvgIpc) is 2.25. The van der Waals surface area contributed by atoms with Gasteiger partial charge in [-0.2, -0.15) is 5.26 Å². The summed E-state index contributed by atoms with van der Waals surface area (Å²) in [7, 11) is 0. The number of hydrogen-bond acceptors (Lipinski definition) is 1. The van der Waals surface area contributed by atoms with E-state index < -0.39 is 0 Å². The van der Waals surface area contributed by atoms with E-state index in [0.717, 1.165) is 12.8 Å². The second kappa shape index (κ2) is 6.17. The summed E-state index contributed by atoms with van der Waals surface area (Å²) in [4.78, 5) is 0. The monoisotopic (exact) mass is 189 g/mol. The van der Waals surface area contributed by atoms with Gasteiger partial charge in [-0.1, -0.05) is 30.3 Å². The molecular formula is C12H17N2+. The Morgan fingerprint density at radius 2 is 2.07 bits per heavy atom. The Morgan fingerprint density at radius 1 is 1.36 bits per heavy atom. The molecule has 0 fully saturated rings. The second-order valence-corrected chi connectivity index (χ2v) is 3.60. The lowest BCUT2D eigenvalue weighted by Gasteiger charge is -2.07. The third-order valence-corrected chi connectivity index (χ3v) is 2.34. The average molecular weight is 189 g/mol. The van der Waals surface area contributed by atoms with Crippen LogP contribution in [0.2, 0.25) is 0 Å². The van der Waals surface area contributed by atoms with Gasteiger partial charge in [0.05, 0.1) is 6.04 Å². The lowest BCUT2D eigenvalue weighted by molar-refractivity contribution is -0.676. The van der Waals surface area contributed by atoms with Crippen LogP contribution in [-0.2, 0) is 6.42 Å². The van der Waals surface area contributed by atoms with Gasteiger partial charge in [-0.25, -0.2) is 0 Å². The minimum atomic E-state index is 0.537. The van der Waals surface area contributed by atoms with Gasteiger partial charge in [0.1, 0.15) is 6.07 Å². The van der Waals surface area contributed by atoms with Gasteiger partial charge in [-0.15, -0.1) is 0 Å². The molecule has 0 heterocycles. The Balaban J connectivity index is 2.24. The standard InChI is InChI=1S/C12H16N2/c1-11(14-10-9-13)7-8-12-5-3-2-4-6-12/h2-6,11,14H,7-8,10H2,1H3/p+1/t11-/m1/s1. The number of hydrogen-bond donors (Lipinski definition) is 1. The Bertz CT molecular complexity index is 287. The first-order chi connectivity index (χ1) is 6.83. The van der Waals surface area contributed by atoms with Crippen LogP contribution in [0.25, 0.3) is 0 Å². The number of quaternary nitrogens is 1. The van der Waals surface area contributed by atoms with Gasteiger partial charge in [0.15, 0.2) is 6.54 Å². The topological polar surface area (TPSA) is 40.4 Å². The van der Waals surface area contributed by atoms with Gasteiger partial charge in [0, 0.05) is 6.42 Å². The Hall–Kier alpha value is -1.33. The van der Waals surface area contributed by atoms with Crippen molar-refractivity contribution in [2.24, 2.45) is 0 Å². The molecule has 1 atom stereocenters. The van der Waals surface area contributed by atoms with Crippen LogP contribution in [0.15, 0.2) is 30.3 Å². The van der Waals surface area contributed by atoms with Crippen LogP contribution in [0, 0.1) is 11.3 Å². The highest BCUT2D eigenvalue weighted by atomic mass is 14.9. The molecule has 0 aromatic heterocycles. The molecule has 2 nitrogen and oxygen atoms in total. The predicted molar refractivity (Wildman–Crippen MR) is 56.6 cm³/mol. The van der Waals surface area contributed by atoms with Crippen molar-refractivity contribution in [2.75, 3.05) is 6.54 Å². The fraction of sp³-hybridized carbons (Fsp3) is 0.417. The van der Waals surface area contributed by atoms with Crippen molar-refractivity contribution in [1.29, 1.82) is 5.26 Å². The summed E-state index contributed by atoms with van der Waals surface area (Å²) in [6.45, 7) is 2.73. The molecular weight excluding hydrogens is 172 g/mol. The van der Waals surface area contributed by atoms with E-state index in [1.54, 1.807) is 0 Å². The Morgan fingerprint density at radius 3 is 2.71 bits per heavy atom. The van der Waals surface area contributed by atoms with Crippen molar-refractivity contribution in [3.63, 3.8) is 0 Å². The summed E-state index contributed by atoms with van der Waals surface area (Å²) in [5, 5.41) is 10.5. The second-order valence-electron chi connectivity index (χ2n) is 3.60. The molecule has 0 aliphatic heterocycles. The van der Waals surface area contributed by atoms with Crippen LogP contribution in [0.5, 0.6) is 0 Å². The highest BCUT2D eigenvalue weighted by molar-refractivity contribution is 5.14. The molecule has 1 rings (SSSR count). The lowest BCUT2D eigenvalue weighted by Crippen LogP contribution is -2.89. The van der Waals surface area contributed by atoms with E-state index in [1.807, 2.05) is 6.07 Å². The Kier molecular flexibility index (Phi) is 4.74. The summed E-state index contributed by atoms with van der Waals surface area (Å²) >= 11 is 0. The van der Waals surface area contributed by atoms with Crippen LogP contribution in [0.1, 0.15) is 18.9 Å². The smallest absolute Gasteiger partial charge is 0.163 e. The highest BCUT2D eigenvalue weighted by Gasteiger charge is 2.03. The highest BCUT2D eigenvalue weighted by Crippen LogP contribution is 2.02. The van der Waals surface area contributed by atoms with E-state index in [9.17, 15) is 0 Å². The minimum Gasteiger partial charge on any atom is -0.332 e. The van der Waals surface area contributed by atoms with Crippen LogP contribution >= 0.6 is 0 Å². The molecule has 0 bridgehead atoms. The zero-order chi connectivity index (χ0) is 10.2. The molecule has 0 radical (unpaired) electrons. The van der Waals surface area contributed by atoms with Gasteiger partial charge in [-0.05, 0) is 18.9 Å². The van der Waals surface area contributed by atoms with Crippen LogP contribution < -0.4 is 5.32 Å². The lowest BCUT2D eigenvalue weighted by atomic mass is 10.1. The summed E-state index contributed by atoms with van der Waals surface area (Å²) in [6, 6.07) is 13.2. The van der Waals surface area contributed by atoms with Crippen LogP contribution in [-0.4, -0.2) is 12.6 Å². The molecule has 0 unspecified atom stereocenters. The number of nitrogens with zero attached hydrogens (tertiary/aromatic N) is 1. The molecule has 0 aliphatic carbocycles. The van der Waals surface area contributed by atoms with Crippen molar-refractivity contribution in [3.05, 3.63) is 35.9 Å². The molecule has 14 heavy (non-hydrogen) atoms. The molecule has 0 amide bonds. The molecule has 0 aliphatic rings. The number of aryl methyl sites for hydroxylation is 1. The quantitative estimate of drug-likeness (QED) is 0.692. The van der Waals surface area contributed by atoms with E-state index in [0.29, 0.717) is 12.6 Å². The molecule has 0 saturated carbocycles. The third-order valence-electron chi connectivity index (χ3n) is 2.34. The van der Waals surface area contributed by atoms with E-state index in [1.165, 1.54) is 5.56 Å². The fourth-order valence-corrected chi connectivity index (χ4v) is 1.41. The summed E-state index contributed by atoms with van der Waals surface area (Å²) in [5.41, 5.74) is 1.38. The molecule has 2 heteroatoms. The maximum absolute atomic E-state index is 8.42. The fourth-order valence-electron chi connectivity index (χ4n) is 1.41. The minimum absolute atomic E-state index is 0.537. The number of nitrogens with two attached hydrogens (primary N) is 1. The number of rotatable bonds is 5. The van der Waals surface area contributed by atoms with E-state index in [2.05, 4.69) is 42.6 Å². The van der Waals surface area contributed by atoms with Crippen molar-refractivity contribution in [1.82, 2.24) is 0 Å². The third kappa shape index (κ3) is 4.06.